The molecule has 1 heterocycles. The fraction of sp³-hybridized carbons (Fsp3) is 0.267. The maximum absolute atomic E-state index is 13.6. The average molecular weight is 551 g/mol. The summed E-state index contributed by atoms with van der Waals surface area (Å²) < 4.78 is 13.6. The van der Waals surface area contributed by atoms with Gasteiger partial charge in [-0.15, -0.1) is 0 Å². The Kier molecular flexibility index (Phi) is 8.70. The zero-order chi connectivity index (χ0) is 28.2. The SMILES string of the molecule is CC(C)(CO)N1CC(C(=O)Nc2ccc(F)c(Cl)c2)C(c2ccc(C=CC(=O)Nc3ccccc3N)cc2)C1. The Morgan fingerprint density at radius 2 is 1.82 bits per heavy atom. The Balaban J connectivity index is 1.49. The maximum Gasteiger partial charge on any atom is 0.248 e. The number of para-hydroxylation sites is 2. The van der Waals surface area contributed by atoms with Crippen LogP contribution in [0.3, 0.4) is 0 Å². The van der Waals surface area contributed by atoms with Gasteiger partial charge >= 0.3 is 0 Å². The van der Waals surface area contributed by atoms with E-state index in [-0.39, 0.29) is 29.4 Å². The van der Waals surface area contributed by atoms with Gasteiger partial charge in [0.1, 0.15) is 5.82 Å². The average Bonchev–Trinajstić information content (AvgIpc) is 3.38. The molecular weight excluding hydrogens is 519 g/mol. The van der Waals surface area contributed by atoms with Crippen molar-refractivity contribution in [3.8, 4) is 0 Å². The highest BCUT2D eigenvalue weighted by Crippen LogP contribution is 2.37. The molecule has 1 aliphatic heterocycles. The van der Waals surface area contributed by atoms with Crippen molar-refractivity contribution < 1.29 is 19.1 Å². The highest BCUT2D eigenvalue weighted by atomic mass is 35.5. The third-order valence-corrected chi connectivity index (χ3v) is 7.39. The molecule has 0 radical (unpaired) electrons. The number of rotatable bonds is 8. The molecule has 0 aromatic heterocycles. The number of halogens is 2. The number of amides is 2. The number of aliphatic hydroxyl groups is 1. The Morgan fingerprint density at radius 1 is 1.10 bits per heavy atom. The quantitative estimate of drug-likeness (QED) is 0.229. The van der Waals surface area contributed by atoms with Crippen molar-refractivity contribution in [3.63, 3.8) is 0 Å². The van der Waals surface area contributed by atoms with Crippen LogP contribution in [0, 0.1) is 11.7 Å². The Hall–Kier alpha value is -3.72. The Morgan fingerprint density at radius 3 is 2.49 bits per heavy atom. The molecule has 2 unspecified atom stereocenters. The molecule has 2 amide bonds. The van der Waals surface area contributed by atoms with Crippen LogP contribution in [0.1, 0.15) is 30.9 Å². The third-order valence-electron chi connectivity index (χ3n) is 7.10. The van der Waals surface area contributed by atoms with Gasteiger partial charge in [-0.1, -0.05) is 48.0 Å². The number of nitrogens with zero attached hydrogens (tertiary/aromatic N) is 1. The highest BCUT2D eigenvalue weighted by Gasteiger charge is 2.43. The van der Waals surface area contributed by atoms with Gasteiger partial charge in [0.15, 0.2) is 0 Å². The van der Waals surface area contributed by atoms with Gasteiger partial charge in [0, 0.05) is 36.3 Å². The molecule has 0 saturated carbocycles. The first kappa shape index (κ1) is 28.3. The van der Waals surface area contributed by atoms with E-state index in [1.165, 1.54) is 24.3 Å². The van der Waals surface area contributed by atoms with Gasteiger partial charge in [0.2, 0.25) is 11.8 Å². The van der Waals surface area contributed by atoms with E-state index in [1.807, 2.05) is 38.1 Å². The smallest absolute Gasteiger partial charge is 0.248 e. The minimum absolute atomic E-state index is 0.0535. The second-order valence-corrected chi connectivity index (χ2v) is 10.7. The Bertz CT molecular complexity index is 1380. The number of anilines is 3. The molecule has 2 atom stereocenters. The molecule has 1 aliphatic rings. The van der Waals surface area contributed by atoms with Crippen LogP contribution < -0.4 is 16.4 Å². The minimum atomic E-state index is -0.555. The topological polar surface area (TPSA) is 108 Å². The molecule has 5 N–H and O–H groups in total. The lowest BCUT2D eigenvalue weighted by molar-refractivity contribution is -0.120. The number of likely N-dealkylation sites (tertiary alicyclic amines) is 1. The monoisotopic (exact) mass is 550 g/mol. The fourth-order valence-electron chi connectivity index (χ4n) is 4.62. The molecule has 4 rings (SSSR count). The van der Waals surface area contributed by atoms with Crippen molar-refractivity contribution in [2.45, 2.75) is 25.3 Å². The van der Waals surface area contributed by atoms with Crippen molar-refractivity contribution in [2.24, 2.45) is 5.92 Å². The molecule has 7 nitrogen and oxygen atoms in total. The lowest BCUT2D eigenvalue weighted by Crippen LogP contribution is -2.46. The van der Waals surface area contributed by atoms with Crippen LogP contribution in [0.2, 0.25) is 5.02 Å². The molecule has 1 fully saturated rings. The van der Waals surface area contributed by atoms with E-state index < -0.39 is 17.3 Å². The molecular formula is C30H32ClFN4O3. The zero-order valence-electron chi connectivity index (χ0n) is 21.8. The van der Waals surface area contributed by atoms with Crippen molar-refractivity contribution in [1.29, 1.82) is 0 Å². The molecule has 3 aromatic rings. The standard InChI is InChI=1S/C30H32ClFN4O3/c1-30(2,18-37)36-16-22(23(17-36)29(39)34-21-12-13-25(32)24(31)15-21)20-10-7-19(8-11-20)9-14-28(38)35-27-6-4-3-5-26(27)33/h3-15,22-23,37H,16-18,33H2,1-2H3,(H,34,39)(H,35,38). The number of carbonyl (C=O) groups excluding carboxylic acids is 2. The first-order valence-electron chi connectivity index (χ1n) is 12.6. The molecule has 0 spiro atoms. The number of carbonyl (C=O) groups is 2. The van der Waals surface area contributed by atoms with E-state index in [4.69, 9.17) is 17.3 Å². The third kappa shape index (κ3) is 6.84. The van der Waals surface area contributed by atoms with Gasteiger partial charge in [0.25, 0.3) is 0 Å². The van der Waals surface area contributed by atoms with E-state index in [2.05, 4.69) is 15.5 Å². The van der Waals surface area contributed by atoms with Gasteiger partial charge < -0.3 is 21.5 Å². The van der Waals surface area contributed by atoms with Crippen LogP contribution in [-0.4, -0.2) is 47.1 Å². The summed E-state index contributed by atoms with van der Waals surface area (Å²) in [5, 5.41) is 15.5. The summed E-state index contributed by atoms with van der Waals surface area (Å²) in [5.41, 5.74) is 8.60. The van der Waals surface area contributed by atoms with Crippen LogP contribution in [0.25, 0.3) is 6.08 Å². The van der Waals surface area contributed by atoms with Crippen LogP contribution in [0.5, 0.6) is 0 Å². The second kappa shape index (κ2) is 12.0. The normalized spacial score (nSPS) is 17.9. The van der Waals surface area contributed by atoms with Gasteiger partial charge in [-0.05, 0) is 61.4 Å². The number of hydrogen-bond acceptors (Lipinski definition) is 5. The van der Waals surface area contributed by atoms with Gasteiger partial charge in [-0.2, -0.15) is 0 Å². The van der Waals surface area contributed by atoms with Gasteiger partial charge in [0.05, 0.1) is 28.9 Å². The lowest BCUT2D eigenvalue weighted by Gasteiger charge is -2.33. The highest BCUT2D eigenvalue weighted by molar-refractivity contribution is 6.31. The largest absolute Gasteiger partial charge is 0.397 e. The lowest BCUT2D eigenvalue weighted by atomic mass is 9.88. The van der Waals surface area contributed by atoms with Gasteiger partial charge in [-0.3, -0.25) is 14.5 Å². The molecule has 39 heavy (non-hydrogen) atoms. The van der Waals surface area contributed by atoms with Crippen LogP contribution in [0.15, 0.2) is 72.8 Å². The minimum Gasteiger partial charge on any atom is -0.397 e. The van der Waals surface area contributed by atoms with Crippen LogP contribution >= 0.6 is 11.6 Å². The second-order valence-electron chi connectivity index (χ2n) is 10.3. The molecule has 0 aliphatic carbocycles. The van der Waals surface area contributed by atoms with E-state index in [0.29, 0.717) is 30.2 Å². The van der Waals surface area contributed by atoms with Crippen LogP contribution in [-0.2, 0) is 9.59 Å². The summed E-state index contributed by atoms with van der Waals surface area (Å²) in [5.74, 6) is -1.62. The summed E-state index contributed by atoms with van der Waals surface area (Å²) in [6.07, 6.45) is 3.14. The summed E-state index contributed by atoms with van der Waals surface area (Å²) in [6, 6.07) is 18.8. The number of nitrogens with one attached hydrogen (secondary N) is 2. The fourth-order valence-corrected chi connectivity index (χ4v) is 4.80. The van der Waals surface area contributed by atoms with Crippen molar-refractivity contribution in [1.82, 2.24) is 4.90 Å². The Labute approximate surface area is 232 Å². The van der Waals surface area contributed by atoms with Crippen molar-refractivity contribution >= 4 is 46.6 Å². The predicted octanol–water partition coefficient (Wildman–Crippen LogP) is 5.14. The van der Waals surface area contributed by atoms with E-state index in [0.717, 1.165) is 11.1 Å². The van der Waals surface area contributed by atoms with E-state index in [9.17, 15) is 19.1 Å². The molecule has 1 saturated heterocycles. The van der Waals surface area contributed by atoms with Crippen molar-refractivity contribution in [2.75, 3.05) is 36.1 Å². The molecule has 204 valence electrons. The van der Waals surface area contributed by atoms with E-state index >= 15 is 0 Å². The number of nitrogens with two attached hydrogens (primary N) is 1. The van der Waals surface area contributed by atoms with Crippen LogP contribution in [0.4, 0.5) is 21.5 Å². The van der Waals surface area contributed by atoms with E-state index in [1.54, 1.807) is 30.3 Å². The maximum atomic E-state index is 13.6. The summed E-state index contributed by atoms with van der Waals surface area (Å²) in [4.78, 5) is 27.8. The van der Waals surface area contributed by atoms with Gasteiger partial charge in [-0.25, -0.2) is 4.39 Å². The first-order chi connectivity index (χ1) is 18.6. The molecule has 9 heteroatoms. The number of benzene rings is 3. The summed E-state index contributed by atoms with van der Waals surface area (Å²) in [7, 11) is 0. The summed E-state index contributed by atoms with van der Waals surface area (Å²) in [6.45, 7) is 4.84. The number of hydrogen-bond donors (Lipinski definition) is 4. The zero-order valence-corrected chi connectivity index (χ0v) is 22.6. The number of aliphatic hydroxyl groups excluding tert-OH is 1. The molecule has 0 bridgehead atoms. The predicted molar refractivity (Wildman–Crippen MR) is 154 cm³/mol. The molecule has 3 aromatic carbocycles. The summed E-state index contributed by atoms with van der Waals surface area (Å²) >= 11 is 5.89. The first-order valence-corrected chi connectivity index (χ1v) is 13.0. The van der Waals surface area contributed by atoms with Crippen molar-refractivity contribution in [3.05, 3.63) is 94.8 Å². The number of nitrogen functional groups attached to an aromatic ring is 1.